The molecule has 2 heteroatoms. The first-order valence-electron chi connectivity index (χ1n) is 6.37. The summed E-state index contributed by atoms with van der Waals surface area (Å²) in [6.45, 7) is 4.29. The fraction of sp³-hybridized carbons (Fsp3) is 0.235. The van der Waals surface area contributed by atoms with Crippen LogP contribution >= 0.6 is 0 Å². The van der Waals surface area contributed by atoms with Crippen LogP contribution in [0.3, 0.4) is 0 Å². The second-order valence-electron chi connectivity index (χ2n) is 4.92. The minimum atomic E-state index is -0.313. The van der Waals surface area contributed by atoms with Crippen LogP contribution in [0.1, 0.15) is 30.9 Å². The second kappa shape index (κ2) is 5.67. The number of halogens is 1. The molecule has 0 amide bonds. The van der Waals surface area contributed by atoms with Crippen LogP contribution < -0.4 is 0 Å². The highest BCUT2D eigenvalue weighted by molar-refractivity contribution is 5.64. The van der Waals surface area contributed by atoms with Crippen molar-refractivity contribution in [2.24, 2.45) is 0 Å². The van der Waals surface area contributed by atoms with Crippen molar-refractivity contribution in [2.45, 2.75) is 26.2 Å². The molecule has 0 saturated carbocycles. The maximum atomic E-state index is 13.8. The molecule has 1 nitrogen and oxygen atoms in total. The molecule has 0 saturated heterocycles. The van der Waals surface area contributed by atoms with Crippen LogP contribution in [0.15, 0.2) is 42.5 Å². The van der Waals surface area contributed by atoms with Gasteiger partial charge in [0, 0.05) is 5.56 Å². The van der Waals surface area contributed by atoms with Crippen molar-refractivity contribution in [3.8, 4) is 17.2 Å². The maximum Gasteiger partial charge on any atom is 0.128 e. The molecule has 2 rings (SSSR count). The molecule has 0 bridgehead atoms. The molecule has 0 aliphatic heterocycles. The molecule has 2 aromatic rings. The first-order chi connectivity index (χ1) is 9.11. The Morgan fingerprint density at radius 1 is 1.05 bits per heavy atom. The molecule has 0 heterocycles. The van der Waals surface area contributed by atoms with Crippen LogP contribution in [0.5, 0.6) is 0 Å². The van der Waals surface area contributed by atoms with Gasteiger partial charge in [-0.25, -0.2) is 4.39 Å². The van der Waals surface area contributed by atoms with Gasteiger partial charge in [-0.2, -0.15) is 5.26 Å². The average Bonchev–Trinajstić information content (AvgIpc) is 2.41. The average molecular weight is 253 g/mol. The van der Waals surface area contributed by atoms with E-state index in [1.165, 1.54) is 11.6 Å². The van der Waals surface area contributed by atoms with Gasteiger partial charge in [0.1, 0.15) is 5.82 Å². The summed E-state index contributed by atoms with van der Waals surface area (Å²) in [5.41, 5.74) is 3.55. The topological polar surface area (TPSA) is 23.8 Å². The zero-order valence-electron chi connectivity index (χ0n) is 11.2. The van der Waals surface area contributed by atoms with Gasteiger partial charge in [-0.05, 0) is 28.7 Å². The smallest absolute Gasteiger partial charge is 0.128 e. The van der Waals surface area contributed by atoms with Gasteiger partial charge in [0.25, 0.3) is 0 Å². The summed E-state index contributed by atoms with van der Waals surface area (Å²) < 4.78 is 13.8. The molecule has 96 valence electrons. The van der Waals surface area contributed by atoms with Crippen molar-refractivity contribution in [3.63, 3.8) is 0 Å². The van der Waals surface area contributed by atoms with E-state index in [1.54, 1.807) is 6.07 Å². The molecule has 0 radical (unpaired) electrons. The minimum absolute atomic E-state index is 0.110. The molecule has 0 fully saturated rings. The van der Waals surface area contributed by atoms with Gasteiger partial charge in [0.05, 0.1) is 12.5 Å². The predicted octanol–water partition coefficient (Wildman–Crippen LogP) is 4.68. The molecule has 0 atom stereocenters. The van der Waals surface area contributed by atoms with E-state index in [-0.39, 0.29) is 12.2 Å². The van der Waals surface area contributed by atoms with Crippen molar-refractivity contribution in [1.29, 1.82) is 5.26 Å². The van der Waals surface area contributed by atoms with E-state index in [9.17, 15) is 4.39 Å². The van der Waals surface area contributed by atoms with Gasteiger partial charge in [-0.1, -0.05) is 50.2 Å². The molecule has 0 aliphatic carbocycles. The number of hydrogen-bond acceptors (Lipinski definition) is 1. The van der Waals surface area contributed by atoms with Crippen molar-refractivity contribution in [3.05, 3.63) is 59.4 Å². The van der Waals surface area contributed by atoms with Crippen molar-refractivity contribution < 1.29 is 4.39 Å². The summed E-state index contributed by atoms with van der Waals surface area (Å²) in [5, 5.41) is 8.60. The number of nitrogens with zero attached hydrogens (tertiary/aromatic N) is 1. The van der Waals surface area contributed by atoms with Gasteiger partial charge in [-0.15, -0.1) is 0 Å². The van der Waals surface area contributed by atoms with Gasteiger partial charge in [0.2, 0.25) is 0 Å². The van der Waals surface area contributed by atoms with Crippen LogP contribution in [-0.2, 0) is 6.42 Å². The Balaban J connectivity index is 2.32. The second-order valence-corrected chi connectivity index (χ2v) is 4.92. The Morgan fingerprint density at radius 2 is 1.68 bits per heavy atom. The highest BCUT2D eigenvalue weighted by Crippen LogP contribution is 2.24. The van der Waals surface area contributed by atoms with Crippen LogP contribution in [0.2, 0.25) is 0 Å². The zero-order chi connectivity index (χ0) is 13.8. The number of rotatable bonds is 3. The van der Waals surface area contributed by atoms with E-state index in [1.807, 2.05) is 24.3 Å². The molecular weight excluding hydrogens is 237 g/mol. The zero-order valence-corrected chi connectivity index (χ0v) is 11.2. The number of hydrogen-bond donors (Lipinski definition) is 0. The largest absolute Gasteiger partial charge is 0.207 e. The van der Waals surface area contributed by atoms with Crippen LogP contribution in [-0.4, -0.2) is 0 Å². The molecule has 2 aromatic carbocycles. The normalized spacial score (nSPS) is 10.5. The Hall–Kier alpha value is -2.14. The van der Waals surface area contributed by atoms with Crippen molar-refractivity contribution >= 4 is 0 Å². The molecular formula is C17H16FN. The summed E-state index contributed by atoms with van der Waals surface area (Å²) in [7, 11) is 0. The Labute approximate surface area is 113 Å². The minimum Gasteiger partial charge on any atom is -0.207 e. The fourth-order valence-electron chi connectivity index (χ4n) is 2.02. The maximum absolute atomic E-state index is 13.8. The first kappa shape index (κ1) is 13.3. The third-order valence-electron chi connectivity index (χ3n) is 3.23. The van der Waals surface area contributed by atoms with Crippen LogP contribution in [0, 0.1) is 17.1 Å². The lowest BCUT2D eigenvalue weighted by atomic mass is 9.98. The third-order valence-corrected chi connectivity index (χ3v) is 3.23. The van der Waals surface area contributed by atoms with Gasteiger partial charge < -0.3 is 0 Å². The van der Waals surface area contributed by atoms with Crippen molar-refractivity contribution in [1.82, 2.24) is 0 Å². The SMILES string of the molecule is CC(C)c1ccc(-c2ccc(CC#N)c(F)c2)cc1. The summed E-state index contributed by atoms with van der Waals surface area (Å²) in [4.78, 5) is 0. The standard InChI is InChI=1S/C17H16FN/c1-12(2)13-3-5-14(6-4-13)16-8-7-15(9-10-19)17(18)11-16/h3-8,11-12H,9H2,1-2H3. The Bertz CT molecular complexity index is 606. The van der Waals surface area contributed by atoms with Crippen LogP contribution in [0.25, 0.3) is 11.1 Å². The Morgan fingerprint density at radius 3 is 2.21 bits per heavy atom. The summed E-state index contributed by atoms with van der Waals surface area (Å²) in [6, 6.07) is 15.2. The monoisotopic (exact) mass is 253 g/mol. The molecule has 0 unspecified atom stereocenters. The third kappa shape index (κ3) is 3.00. The van der Waals surface area contributed by atoms with Gasteiger partial charge in [0.15, 0.2) is 0 Å². The summed E-state index contributed by atoms with van der Waals surface area (Å²) in [5.74, 6) is 0.177. The quantitative estimate of drug-likeness (QED) is 0.779. The Kier molecular flexibility index (Phi) is 3.97. The van der Waals surface area contributed by atoms with E-state index in [4.69, 9.17) is 5.26 Å². The van der Waals surface area contributed by atoms with E-state index in [2.05, 4.69) is 26.0 Å². The van der Waals surface area contributed by atoms with E-state index >= 15 is 0 Å². The predicted molar refractivity (Wildman–Crippen MR) is 75.2 cm³/mol. The van der Waals surface area contributed by atoms with Crippen molar-refractivity contribution in [2.75, 3.05) is 0 Å². The van der Waals surface area contributed by atoms with Gasteiger partial charge in [-0.3, -0.25) is 0 Å². The molecule has 0 aromatic heterocycles. The van der Waals surface area contributed by atoms with E-state index in [0.717, 1.165) is 11.1 Å². The lowest BCUT2D eigenvalue weighted by Crippen LogP contribution is -1.90. The highest BCUT2D eigenvalue weighted by Gasteiger charge is 2.05. The summed E-state index contributed by atoms with van der Waals surface area (Å²) in [6.07, 6.45) is 0.110. The highest BCUT2D eigenvalue weighted by atomic mass is 19.1. The molecule has 0 spiro atoms. The first-order valence-corrected chi connectivity index (χ1v) is 6.37. The molecule has 19 heavy (non-hydrogen) atoms. The number of nitriles is 1. The number of benzene rings is 2. The molecule has 0 N–H and O–H groups in total. The van der Waals surface area contributed by atoms with Gasteiger partial charge >= 0.3 is 0 Å². The lowest BCUT2D eigenvalue weighted by molar-refractivity contribution is 0.616. The lowest BCUT2D eigenvalue weighted by Gasteiger charge is -2.08. The van der Waals surface area contributed by atoms with Crippen LogP contribution in [0.4, 0.5) is 4.39 Å². The fourth-order valence-corrected chi connectivity index (χ4v) is 2.02. The molecule has 0 aliphatic rings. The summed E-state index contributed by atoms with van der Waals surface area (Å²) >= 11 is 0. The van der Waals surface area contributed by atoms with E-state index < -0.39 is 0 Å². The van der Waals surface area contributed by atoms with E-state index in [0.29, 0.717) is 11.5 Å².